The molecule has 1 aliphatic carbocycles. The lowest BCUT2D eigenvalue weighted by atomic mass is 9.92. The summed E-state index contributed by atoms with van der Waals surface area (Å²) in [5.41, 5.74) is 4.11. The van der Waals surface area contributed by atoms with E-state index in [-0.39, 0.29) is 17.4 Å². The van der Waals surface area contributed by atoms with Crippen LogP contribution in [0.5, 0.6) is 0 Å². The Morgan fingerprint density at radius 3 is 2.77 bits per heavy atom. The number of rotatable bonds is 3. The highest BCUT2D eigenvalue weighted by Crippen LogP contribution is 2.31. The summed E-state index contributed by atoms with van der Waals surface area (Å²) in [6.07, 6.45) is 4.63. The minimum atomic E-state index is -0.252. The molecule has 0 fully saturated rings. The van der Waals surface area contributed by atoms with Gasteiger partial charge in [-0.2, -0.15) is 5.10 Å². The lowest BCUT2D eigenvalue weighted by Gasteiger charge is -2.24. The van der Waals surface area contributed by atoms with E-state index in [2.05, 4.69) is 10.4 Å². The molecular formula is C25H23N3O3. The molecule has 6 heteroatoms. The van der Waals surface area contributed by atoms with Crippen LogP contribution in [0.1, 0.15) is 46.1 Å². The van der Waals surface area contributed by atoms with Gasteiger partial charge in [0.2, 0.25) is 0 Å². The zero-order chi connectivity index (χ0) is 21.5. The summed E-state index contributed by atoms with van der Waals surface area (Å²) >= 11 is 0. The van der Waals surface area contributed by atoms with Crippen LogP contribution < -0.4 is 10.7 Å². The fourth-order valence-electron chi connectivity index (χ4n) is 4.45. The fourth-order valence-corrected chi connectivity index (χ4v) is 4.45. The van der Waals surface area contributed by atoms with Gasteiger partial charge >= 0.3 is 0 Å². The number of fused-ring (bicyclic) bond motifs is 2. The van der Waals surface area contributed by atoms with Crippen molar-refractivity contribution in [2.24, 2.45) is 7.05 Å². The Morgan fingerprint density at radius 2 is 1.97 bits per heavy atom. The maximum atomic E-state index is 13.3. The van der Waals surface area contributed by atoms with Crippen molar-refractivity contribution in [2.45, 2.75) is 32.2 Å². The van der Waals surface area contributed by atoms with Gasteiger partial charge in [0.15, 0.2) is 11.0 Å². The molecule has 0 aliphatic heterocycles. The van der Waals surface area contributed by atoms with Crippen molar-refractivity contribution in [2.75, 3.05) is 0 Å². The first kappa shape index (κ1) is 19.3. The SMILES string of the molecule is Cc1c(-c2ccccc2)oc2c(C(=O)NC3CCCc4c3cnn4C)cccc2c1=O. The van der Waals surface area contributed by atoms with E-state index >= 15 is 0 Å². The van der Waals surface area contributed by atoms with Crippen LogP contribution in [-0.2, 0) is 13.5 Å². The van der Waals surface area contributed by atoms with E-state index in [1.54, 1.807) is 25.1 Å². The Kier molecular flexibility index (Phi) is 4.70. The van der Waals surface area contributed by atoms with E-state index in [1.807, 2.05) is 48.3 Å². The van der Waals surface area contributed by atoms with Gasteiger partial charge in [-0.1, -0.05) is 36.4 Å². The van der Waals surface area contributed by atoms with Gasteiger partial charge in [-0.3, -0.25) is 14.3 Å². The third-order valence-corrected chi connectivity index (χ3v) is 6.11. The van der Waals surface area contributed by atoms with Crippen LogP contribution in [0.2, 0.25) is 0 Å². The number of aryl methyl sites for hydroxylation is 1. The van der Waals surface area contributed by atoms with Crippen LogP contribution in [0.4, 0.5) is 0 Å². The van der Waals surface area contributed by atoms with E-state index in [4.69, 9.17) is 4.42 Å². The normalized spacial score (nSPS) is 15.6. The first-order chi connectivity index (χ1) is 15.0. The van der Waals surface area contributed by atoms with Crippen molar-refractivity contribution in [3.05, 3.63) is 87.3 Å². The lowest BCUT2D eigenvalue weighted by molar-refractivity contribution is 0.0933. The zero-order valence-electron chi connectivity index (χ0n) is 17.5. The average molecular weight is 413 g/mol. The van der Waals surface area contributed by atoms with Crippen LogP contribution in [0, 0.1) is 6.92 Å². The van der Waals surface area contributed by atoms with Gasteiger partial charge in [0.25, 0.3) is 5.91 Å². The molecule has 2 aromatic carbocycles. The van der Waals surface area contributed by atoms with Gasteiger partial charge in [0.05, 0.1) is 23.2 Å². The summed E-state index contributed by atoms with van der Waals surface area (Å²) in [4.78, 5) is 26.3. The minimum Gasteiger partial charge on any atom is -0.455 e. The molecule has 0 spiro atoms. The molecule has 1 aliphatic rings. The number of benzene rings is 2. The molecule has 1 amide bonds. The van der Waals surface area contributed by atoms with E-state index in [9.17, 15) is 9.59 Å². The molecule has 5 rings (SSSR count). The summed E-state index contributed by atoms with van der Waals surface area (Å²) < 4.78 is 8.07. The van der Waals surface area contributed by atoms with Gasteiger partial charge in [0.1, 0.15) is 5.76 Å². The summed E-state index contributed by atoms with van der Waals surface area (Å²) in [6.45, 7) is 1.76. The predicted octanol–water partition coefficient (Wildman–Crippen LogP) is 4.31. The highest BCUT2D eigenvalue weighted by atomic mass is 16.3. The van der Waals surface area contributed by atoms with Crippen molar-refractivity contribution in [1.82, 2.24) is 15.1 Å². The van der Waals surface area contributed by atoms with E-state index in [1.165, 1.54) is 0 Å². The smallest absolute Gasteiger partial charge is 0.255 e. The molecule has 1 atom stereocenters. The molecule has 2 aromatic heterocycles. The Morgan fingerprint density at radius 1 is 1.16 bits per heavy atom. The van der Waals surface area contributed by atoms with Gasteiger partial charge in [-0.05, 0) is 38.3 Å². The minimum absolute atomic E-state index is 0.106. The van der Waals surface area contributed by atoms with Crippen LogP contribution in [0.25, 0.3) is 22.3 Å². The number of hydrogen-bond donors (Lipinski definition) is 1. The van der Waals surface area contributed by atoms with Crippen LogP contribution >= 0.6 is 0 Å². The van der Waals surface area contributed by atoms with Gasteiger partial charge in [0, 0.05) is 29.4 Å². The molecule has 31 heavy (non-hydrogen) atoms. The number of para-hydroxylation sites is 1. The highest BCUT2D eigenvalue weighted by molar-refractivity contribution is 6.05. The van der Waals surface area contributed by atoms with Gasteiger partial charge in [-0.25, -0.2) is 0 Å². The van der Waals surface area contributed by atoms with Crippen molar-refractivity contribution >= 4 is 16.9 Å². The maximum absolute atomic E-state index is 13.3. The number of aromatic nitrogens is 2. The van der Waals surface area contributed by atoms with Gasteiger partial charge < -0.3 is 9.73 Å². The van der Waals surface area contributed by atoms with Crippen molar-refractivity contribution < 1.29 is 9.21 Å². The Bertz CT molecular complexity index is 1350. The molecule has 1 unspecified atom stereocenters. The third-order valence-electron chi connectivity index (χ3n) is 6.11. The number of carbonyl (C=O) groups is 1. The standard InChI is InChI=1S/C25H23N3O3/c1-15-22(29)17-10-6-11-18(24(17)31-23(15)16-8-4-3-5-9-16)25(30)27-20-12-7-13-21-19(20)14-26-28(21)2/h3-6,8-11,14,20H,7,12-13H2,1-2H3,(H,27,30). The fraction of sp³-hybridized carbons (Fsp3) is 0.240. The quantitative estimate of drug-likeness (QED) is 0.543. The molecule has 0 bridgehead atoms. The Hall–Kier alpha value is -3.67. The largest absolute Gasteiger partial charge is 0.455 e. The first-order valence-corrected chi connectivity index (χ1v) is 10.5. The predicted molar refractivity (Wildman–Crippen MR) is 119 cm³/mol. The molecule has 6 nitrogen and oxygen atoms in total. The van der Waals surface area contributed by atoms with Crippen LogP contribution in [-0.4, -0.2) is 15.7 Å². The summed E-state index contributed by atoms with van der Waals surface area (Å²) in [6, 6.07) is 14.5. The van der Waals surface area contributed by atoms with Gasteiger partial charge in [-0.15, -0.1) is 0 Å². The summed E-state index contributed by atoms with van der Waals surface area (Å²) in [5, 5.41) is 7.90. The average Bonchev–Trinajstić information content (AvgIpc) is 3.18. The van der Waals surface area contributed by atoms with Crippen molar-refractivity contribution in [3.8, 4) is 11.3 Å². The number of hydrogen-bond acceptors (Lipinski definition) is 4. The van der Waals surface area contributed by atoms with E-state index in [0.29, 0.717) is 27.9 Å². The monoisotopic (exact) mass is 413 g/mol. The number of nitrogens with one attached hydrogen (secondary N) is 1. The number of nitrogens with zero attached hydrogens (tertiary/aromatic N) is 2. The second kappa shape index (κ2) is 7.54. The van der Waals surface area contributed by atoms with Crippen molar-refractivity contribution in [1.29, 1.82) is 0 Å². The molecule has 0 saturated heterocycles. The van der Waals surface area contributed by atoms with E-state index < -0.39 is 0 Å². The first-order valence-electron chi connectivity index (χ1n) is 10.5. The van der Waals surface area contributed by atoms with Crippen LogP contribution in [0.3, 0.4) is 0 Å². The highest BCUT2D eigenvalue weighted by Gasteiger charge is 2.26. The topological polar surface area (TPSA) is 77.1 Å². The molecule has 1 N–H and O–H groups in total. The Balaban J connectivity index is 1.58. The second-order valence-corrected chi connectivity index (χ2v) is 8.02. The molecule has 0 saturated carbocycles. The zero-order valence-corrected chi connectivity index (χ0v) is 17.5. The Labute approximate surface area is 179 Å². The third kappa shape index (κ3) is 3.24. The summed E-state index contributed by atoms with van der Waals surface area (Å²) in [5.74, 6) is 0.240. The number of carbonyl (C=O) groups excluding carboxylic acids is 1. The van der Waals surface area contributed by atoms with Crippen LogP contribution in [0.15, 0.2) is 63.9 Å². The van der Waals surface area contributed by atoms with E-state index in [0.717, 1.165) is 36.1 Å². The molecule has 0 radical (unpaired) electrons. The number of amides is 1. The molecule has 4 aromatic rings. The molecular weight excluding hydrogens is 390 g/mol. The lowest BCUT2D eigenvalue weighted by Crippen LogP contribution is -2.31. The summed E-state index contributed by atoms with van der Waals surface area (Å²) in [7, 11) is 1.93. The van der Waals surface area contributed by atoms with Crippen molar-refractivity contribution in [3.63, 3.8) is 0 Å². The maximum Gasteiger partial charge on any atom is 0.255 e. The second-order valence-electron chi connectivity index (χ2n) is 8.02. The molecule has 156 valence electrons. The molecule has 2 heterocycles.